The predicted molar refractivity (Wildman–Crippen MR) is 82.4 cm³/mol. The molecule has 0 aromatic heterocycles. The van der Waals surface area contributed by atoms with Crippen LogP contribution < -0.4 is 5.32 Å². The van der Waals surface area contributed by atoms with Gasteiger partial charge in [-0.3, -0.25) is 0 Å². The van der Waals surface area contributed by atoms with Crippen molar-refractivity contribution in [3.8, 4) is 0 Å². The van der Waals surface area contributed by atoms with E-state index in [0.29, 0.717) is 12.1 Å². The van der Waals surface area contributed by atoms with E-state index in [1.165, 1.54) is 40.7 Å². The molecule has 0 bridgehead atoms. The van der Waals surface area contributed by atoms with Crippen molar-refractivity contribution >= 4 is 21.6 Å². The van der Waals surface area contributed by atoms with Gasteiger partial charge in [0.25, 0.3) is 0 Å². The maximum absolute atomic E-state index is 3.75. The van der Waals surface area contributed by atoms with Crippen LogP contribution in [0.25, 0.3) is 0 Å². The Morgan fingerprint density at radius 2 is 1.89 bits per heavy atom. The number of halogens is 1. The van der Waals surface area contributed by atoms with E-state index in [1.54, 1.807) is 0 Å². The van der Waals surface area contributed by atoms with Crippen LogP contribution in [0.15, 0.2) is 16.6 Å². The monoisotopic (exact) mass is 310 g/mol. The van der Waals surface area contributed by atoms with Gasteiger partial charge in [0.2, 0.25) is 0 Å². The fourth-order valence-corrected chi connectivity index (χ4v) is 3.45. The van der Waals surface area contributed by atoms with Gasteiger partial charge in [-0.1, -0.05) is 15.9 Å². The highest BCUT2D eigenvalue weighted by atomic mass is 79.9. The summed E-state index contributed by atoms with van der Waals surface area (Å²) in [5.74, 6) is 0. The zero-order valence-electron chi connectivity index (χ0n) is 11.8. The number of benzene rings is 1. The van der Waals surface area contributed by atoms with E-state index in [2.05, 4.69) is 66.1 Å². The van der Waals surface area contributed by atoms with E-state index in [0.717, 1.165) is 0 Å². The normalized spacial score (nSPS) is 25.2. The Bertz CT molecular complexity index is 407. The highest BCUT2D eigenvalue weighted by Crippen LogP contribution is 2.28. The van der Waals surface area contributed by atoms with Gasteiger partial charge < -0.3 is 10.2 Å². The van der Waals surface area contributed by atoms with Gasteiger partial charge in [-0.15, -0.1) is 0 Å². The molecule has 2 nitrogen and oxygen atoms in total. The van der Waals surface area contributed by atoms with Gasteiger partial charge in [0.05, 0.1) is 0 Å². The van der Waals surface area contributed by atoms with Gasteiger partial charge in [-0.05, 0) is 63.9 Å². The lowest BCUT2D eigenvalue weighted by molar-refractivity contribution is 0.190. The Morgan fingerprint density at radius 3 is 2.44 bits per heavy atom. The molecule has 1 aromatic rings. The number of likely N-dealkylation sites (tertiary alicyclic amines) is 1. The van der Waals surface area contributed by atoms with Crippen LogP contribution in [0.1, 0.15) is 30.9 Å². The van der Waals surface area contributed by atoms with Crippen molar-refractivity contribution in [2.45, 2.75) is 45.7 Å². The first-order valence-corrected chi connectivity index (χ1v) is 7.50. The molecule has 18 heavy (non-hydrogen) atoms. The van der Waals surface area contributed by atoms with E-state index in [1.807, 2.05) is 0 Å². The Balaban J connectivity index is 2.10. The molecule has 1 aliphatic heterocycles. The molecular formula is C15H23BrN2. The topological polar surface area (TPSA) is 15.3 Å². The first-order valence-electron chi connectivity index (χ1n) is 6.71. The quantitative estimate of drug-likeness (QED) is 0.889. The van der Waals surface area contributed by atoms with Crippen molar-refractivity contribution in [1.82, 2.24) is 4.90 Å². The molecule has 0 spiro atoms. The Hall–Kier alpha value is -0.540. The minimum Gasteiger partial charge on any atom is -0.382 e. The zero-order valence-corrected chi connectivity index (χ0v) is 13.3. The standard InChI is InChI=1S/C15H23BrN2/c1-10-7-13(16)8-11(2)15(10)17-14-5-6-18(4)12(3)9-14/h7-8,12,14,17H,5-6,9H2,1-4H3. The van der Waals surface area contributed by atoms with Gasteiger partial charge in [0, 0.05) is 28.8 Å². The van der Waals surface area contributed by atoms with Crippen LogP contribution in [0.3, 0.4) is 0 Å². The molecule has 1 aromatic carbocycles. The highest BCUT2D eigenvalue weighted by molar-refractivity contribution is 9.10. The first-order chi connectivity index (χ1) is 8.47. The minimum absolute atomic E-state index is 0.606. The molecule has 100 valence electrons. The highest BCUT2D eigenvalue weighted by Gasteiger charge is 2.23. The minimum atomic E-state index is 0.606. The number of hydrogen-bond donors (Lipinski definition) is 1. The summed E-state index contributed by atoms with van der Waals surface area (Å²) >= 11 is 3.56. The summed E-state index contributed by atoms with van der Waals surface area (Å²) in [5.41, 5.74) is 3.97. The van der Waals surface area contributed by atoms with Crippen molar-refractivity contribution < 1.29 is 0 Å². The van der Waals surface area contributed by atoms with E-state index in [9.17, 15) is 0 Å². The van der Waals surface area contributed by atoms with Gasteiger partial charge in [0.1, 0.15) is 0 Å². The number of rotatable bonds is 2. The van der Waals surface area contributed by atoms with Crippen molar-refractivity contribution in [2.75, 3.05) is 18.9 Å². The van der Waals surface area contributed by atoms with Crippen LogP contribution in [-0.2, 0) is 0 Å². The molecular weight excluding hydrogens is 288 g/mol. The summed E-state index contributed by atoms with van der Waals surface area (Å²) in [7, 11) is 2.22. The third kappa shape index (κ3) is 3.07. The van der Waals surface area contributed by atoms with E-state index in [4.69, 9.17) is 0 Å². The maximum atomic E-state index is 3.75. The molecule has 2 rings (SSSR count). The van der Waals surface area contributed by atoms with Crippen molar-refractivity contribution in [3.63, 3.8) is 0 Å². The third-order valence-corrected chi connectivity index (χ3v) is 4.51. The Morgan fingerprint density at radius 1 is 1.28 bits per heavy atom. The van der Waals surface area contributed by atoms with Gasteiger partial charge in [-0.25, -0.2) is 0 Å². The molecule has 1 saturated heterocycles. The van der Waals surface area contributed by atoms with E-state index in [-0.39, 0.29) is 0 Å². The van der Waals surface area contributed by atoms with Gasteiger partial charge >= 0.3 is 0 Å². The molecule has 0 aliphatic carbocycles. The van der Waals surface area contributed by atoms with Crippen LogP contribution in [-0.4, -0.2) is 30.6 Å². The smallest absolute Gasteiger partial charge is 0.0402 e. The lowest BCUT2D eigenvalue weighted by Crippen LogP contribution is -2.42. The van der Waals surface area contributed by atoms with E-state index < -0.39 is 0 Å². The fourth-order valence-electron chi connectivity index (χ4n) is 2.76. The summed E-state index contributed by atoms with van der Waals surface area (Å²) in [6.45, 7) is 7.86. The Labute approximate surface area is 119 Å². The molecule has 1 fully saturated rings. The second-order valence-corrected chi connectivity index (χ2v) is 6.53. The summed E-state index contributed by atoms with van der Waals surface area (Å²) in [4.78, 5) is 2.44. The number of piperidine rings is 1. The van der Waals surface area contributed by atoms with Crippen molar-refractivity contribution in [1.29, 1.82) is 0 Å². The number of hydrogen-bond acceptors (Lipinski definition) is 2. The van der Waals surface area contributed by atoms with Crippen molar-refractivity contribution in [3.05, 3.63) is 27.7 Å². The molecule has 2 unspecified atom stereocenters. The summed E-state index contributed by atoms with van der Waals surface area (Å²) < 4.78 is 1.17. The van der Waals surface area contributed by atoms with Crippen LogP contribution in [0.4, 0.5) is 5.69 Å². The second-order valence-electron chi connectivity index (χ2n) is 5.61. The first kappa shape index (κ1) is 13.9. The third-order valence-electron chi connectivity index (χ3n) is 4.05. The fraction of sp³-hybridized carbons (Fsp3) is 0.600. The molecule has 0 radical (unpaired) electrons. The van der Waals surface area contributed by atoms with Crippen LogP contribution >= 0.6 is 15.9 Å². The molecule has 0 amide bonds. The largest absolute Gasteiger partial charge is 0.382 e. The van der Waals surface area contributed by atoms with Gasteiger partial charge in [0.15, 0.2) is 0 Å². The van der Waals surface area contributed by atoms with Crippen LogP contribution in [0.2, 0.25) is 0 Å². The van der Waals surface area contributed by atoms with Crippen molar-refractivity contribution in [2.24, 2.45) is 0 Å². The average molecular weight is 311 g/mol. The number of aryl methyl sites for hydroxylation is 2. The summed E-state index contributed by atoms with van der Waals surface area (Å²) in [5, 5.41) is 3.75. The lowest BCUT2D eigenvalue weighted by Gasteiger charge is -2.36. The molecule has 3 heteroatoms. The maximum Gasteiger partial charge on any atom is 0.0402 e. The van der Waals surface area contributed by atoms with Crippen LogP contribution in [0, 0.1) is 13.8 Å². The Kier molecular flexibility index (Phi) is 4.33. The predicted octanol–water partition coefficient (Wildman–Crippen LogP) is 3.96. The molecule has 1 heterocycles. The molecule has 1 aliphatic rings. The number of anilines is 1. The zero-order chi connectivity index (χ0) is 13.3. The molecule has 1 N–H and O–H groups in total. The SMILES string of the molecule is Cc1cc(Br)cc(C)c1NC1CCN(C)C(C)C1. The van der Waals surface area contributed by atoms with E-state index >= 15 is 0 Å². The summed E-state index contributed by atoms with van der Waals surface area (Å²) in [6, 6.07) is 5.66. The molecule has 2 atom stereocenters. The molecule has 0 saturated carbocycles. The van der Waals surface area contributed by atoms with Crippen LogP contribution in [0.5, 0.6) is 0 Å². The van der Waals surface area contributed by atoms with Gasteiger partial charge in [-0.2, -0.15) is 0 Å². The lowest BCUT2D eigenvalue weighted by atomic mass is 9.97. The average Bonchev–Trinajstić information content (AvgIpc) is 2.28. The number of nitrogens with one attached hydrogen (secondary N) is 1. The summed E-state index contributed by atoms with van der Waals surface area (Å²) in [6.07, 6.45) is 2.46. The number of nitrogens with zero attached hydrogens (tertiary/aromatic N) is 1. The second kappa shape index (κ2) is 5.62.